The highest BCUT2D eigenvalue weighted by Crippen LogP contribution is 2.40. The van der Waals surface area contributed by atoms with Gasteiger partial charge in [-0.3, -0.25) is 0 Å². The summed E-state index contributed by atoms with van der Waals surface area (Å²) in [5, 5.41) is 20.0. The van der Waals surface area contributed by atoms with Crippen LogP contribution in [0.2, 0.25) is 0 Å². The summed E-state index contributed by atoms with van der Waals surface area (Å²) in [7, 11) is 0. The molecule has 1 aliphatic carbocycles. The third-order valence-corrected chi connectivity index (χ3v) is 4.80. The zero-order valence-electron chi connectivity index (χ0n) is 11.2. The third kappa shape index (κ3) is 2.10. The minimum Gasteiger partial charge on any atom is -0.507 e. The highest BCUT2D eigenvalue weighted by molar-refractivity contribution is 7.16. The summed E-state index contributed by atoms with van der Waals surface area (Å²) in [6, 6.07) is 7.83. The molecule has 0 saturated carbocycles. The van der Waals surface area contributed by atoms with Crippen molar-refractivity contribution in [1.29, 1.82) is 5.26 Å². The Morgan fingerprint density at radius 2 is 2.25 bits per heavy atom. The standard InChI is InChI=1S/C16H14N2OS/c1-10-4-2-5-11(15(10)19)9-18-16-13(8-17)12-6-3-7-14(12)20-16/h2,4-5,9,19H,3,6-7H2,1H3. The van der Waals surface area contributed by atoms with E-state index in [2.05, 4.69) is 11.1 Å². The maximum absolute atomic E-state index is 9.97. The zero-order valence-corrected chi connectivity index (χ0v) is 12.0. The van der Waals surface area contributed by atoms with Gasteiger partial charge in [0.05, 0.1) is 5.56 Å². The predicted octanol–water partition coefficient (Wildman–Crippen LogP) is 3.87. The first-order valence-electron chi connectivity index (χ1n) is 6.58. The monoisotopic (exact) mass is 282 g/mol. The van der Waals surface area contributed by atoms with E-state index in [9.17, 15) is 10.4 Å². The summed E-state index contributed by atoms with van der Waals surface area (Å²) in [6.07, 6.45) is 4.82. The highest BCUT2D eigenvalue weighted by atomic mass is 32.1. The molecule has 20 heavy (non-hydrogen) atoms. The fraction of sp³-hybridized carbons (Fsp3) is 0.250. The highest BCUT2D eigenvalue weighted by Gasteiger charge is 2.21. The number of aromatic hydroxyl groups is 1. The lowest BCUT2D eigenvalue weighted by molar-refractivity contribution is 0.470. The summed E-state index contributed by atoms with van der Waals surface area (Å²) in [4.78, 5) is 5.72. The maximum atomic E-state index is 9.97. The van der Waals surface area contributed by atoms with Crippen LogP contribution in [0.25, 0.3) is 0 Å². The van der Waals surface area contributed by atoms with Gasteiger partial charge in [-0.2, -0.15) is 5.26 Å². The van der Waals surface area contributed by atoms with Gasteiger partial charge >= 0.3 is 0 Å². The van der Waals surface area contributed by atoms with Crippen molar-refractivity contribution < 1.29 is 5.11 Å². The number of aryl methyl sites for hydroxylation is 2. The SMILES string of the molecule is Cc1cccc(C=Nc2sc3c(c2C#N)CCC3)c1O. The molecule has 0 unspecified atom stereocenters. The van der Waals surface area contributed by atoms with Crippen molar-refractivity contribution in [3.63, 3.8) is 0 Å². The normalized spacial score (nSPS) is 13.6. The Balaban J connectivity index is 1.98. The Morgan fingerprint density at radius 1 is 1.40 bits per heavy atom. The van der Waals surface area contributed by atoms with Gasteiger partial charge in [0.15, 0.2) is 0 Å². The smallest absolute Gasteiger partial charge is 0.134 e. The Labute approximate surface area is 121 Å². The Morgan fingerprint density at radius 3 is 3.05 bits per heavy atom. The minimum atomic E-state index is 0.249. The van der Waals surface area contributed by atoms with Gasteiger partial charge in [0.2, 0.25) is 0 Å². The molecule has 1 N–H and O–H groups in total. The first kappa shape index (κ1) is 12.9. The van der Waals surface area contributed by atoms with E-state index in [0.29, 0.717) is 11.1 Å². The Hall–Kier alpha value is -2.12. The second-order valence-corrected chi connectivity index (χ2v) is 6.00. The van der Waals surface area contributed by atoms with Crippen LogP contribution in [0.5, 0.6) is 5.75 Å². The molecular weight excluding hydrogens is 268 g/mol. The van der Waals surface area contributed by atoms with Gasteiger partial charge in [-0.25, -0.2) is 4.99 Å². The van der Waals surface area contributed by atoms with E-state index in [1.165, 1.54) is 10.4 Å². The zero-order chi connectivity index (χ0) is 14.1. The molecule has 3 nitrogen and oxygen atoms in total. The third-order valence-electron chi connectivity index (χ3n) is 3.60. The average molecular weight is 282 g/mol. The fourth-order valence-electron chi connectivity index (χ4n) is 2.51. The number of rotatable bonds is 2. The van der Waals surface area contributed by atoms with E-state index in [1.54, 1.807) is 17.6 Å². The van der Waals surface area contributed by atoms with E-state index in [4.69, 9.17) is 0 Å². The molecule has 3 rings (SSSR count). The number of thiophene rings is 1. The number of para-hydroxylation sites is 1. The summed E-state index contributed by atoms with van der Waals surface area (Å²) in [5.41, 5.74) is 3.40. The van der Waals surface area contributed by atoms with Crippen molar-refractivity contribution >= 4 is 22.6 Å². The number of fused-ring (bicyclic) bond motifs is 1. The van der Waals surface area contributed by atoms with Crippen LogP contribution in [0.4, 0.5) is 5.00 Å². The van der Waals surface area contributed by atoms with Crippen molar-refractivity contribution in [2.45, 2.75) is 26.2 Å². The lowest BCUT2D eigenvalue weighted by Crippen LogP contribution is -1.85. The van der Waals surface area contributed by atoms with Crippen LogP contribution in [0, 0.1) is 18.3 Å². The van der Waals surface area contributed by atoms with Gasteiger partial charge < -0.3 is 5.11 Å². The van der Waals surface area contributed by atoms with Gasteiger partial charge in [0.25, 0.3) is 0 Å². The van der Waals surface area contributed by atoms with Crippen LogP contribution < -0.4 is 0 Å². The van der Waals surface area contributed by atoms with Crippen LogP contribution in [0.15, 0.2) is 23.2 Å². The predicted molar refractivity (Wildman–Crippen MR) is 81.2 cm³/mol. The number of aliphatic imine (C=N–C) groups is 1. The Bertz CT molecular complexity index is 738. The van der Waals surface area contributed by atoms with Crippen molar-refractivity contribution in [3.8, 4) is 11.8 Å². The number of hydrogen-bond donors (Lipinski definition) is 1. The maximum Gasteiger partial charge on any atom is 0.134 e. The molecule has 0 saturated heterocycles. The van der Waals surface area contributed by atoms with Crippen molar-refractivity contribution in [1.82, 2.24) is 0 Å². The summed E-state index contributed by atoms with van der Waals surface area (Å²) in [5.74, 6) is 0.249. The van der Waals surface area contributed by atoms with E-state index < -0.39 is 0 Å². The summed E-state index contributed by atoms with van der Waals surface area (Å²) in [6.45, 7) is 1.85. The quantitative estimate of drug-likeness (QED) is 0.850. The van der Waals surface area contributed by atoms with E-state index >= 15 is 0 Å². The molecule has 1 aromatic heterocycles. The van der Waals surface area contributed by atoms with E-state index in [0.717, 1.165) is 29.8 Å². The first-order valence-corrected chi connectivity index (χ1v) is 7.39. The molecule has 4 heteroatoms. The van der Waals surface area contributed by atoms with Crippen LogP contribution in [-0.4, -0.2) is 11.3 Å². The second-order valence-electron chi connectivity index (χ2n) is 4.92. The largest absolute Gasteiger partial charge is 0.507 e. The van der Waals surface area contributed by atoms with E-state index in [1.807, 2.05) is 25.1 Å². The minimum absolute atomic E-state index is 0.249. The molecule has 0 aliphatic heterocycles. The molecular formula is C16H14N2OS. The molecule has 0 bridgehead atoms. The molecule has 0 radical (unpaired) electrons. The van der Waals surface area contributed by atoms with Crippen molar-refractivity contribution in [2.75, 3.05) is 0 Å². The number of hydrogen-bond acceptors (Lipinski definition) is 4. The second kappa shape index (κ2) is 5.10. The molecule has 0 amide bonds. The molecule has 0 atom stereocenters. The number of phenolic OH excluding ortho intramolecular Hbond substituents is 1. The molecule has 1 aliphatic rings. The van der Waals surface area contributed by atoms with Crippen LogP contribution >= 0.6 is 11.3 Å². The molecule has 0 fully saturated rings. The van der Waals surface area contributed by atoms with E-state index in [-0.39, 0.29) is 5.75 Å². The summed E-state index contributed by atoms with van der Waals surface area (Å²) < 4.78 is 0. The van der Waals surface area contributed by atoms with Gasteiger partial charge in [0, 0.05) is 16.7 Å². The van der Waals surface area contributed by atoms with Gasteiger partial charge in [-0.05, 0) is 43.4 Å². The molecule has 1 aromatic carbocycles. The molecule has 0 spiro atoms. The lowest BCUT2D eigenvalue weighted by Gasteiger charge is -2.01. The lowest BCUT2D eigenvalue weighted by atomic mass is 10.1. The molecule has 100 valence electrons. The number of nitrogens with zero attached hydrogens (tertiary/aromatic N) is 2. The summed E-state index contributed by atoms with van der Waals surface area (Å²) >= 11 is 1.60. The average Bonchev–Trinajstić information content (AvgIpc) is 3.00. The van der Waals surface area contributed by atoms with Crippen LogP contribution in [0.3, 0.4) is 0 Å². The topological polar surface area (TPSA) is 56.4 Å². The van der Waals surface area contributed by atoms with Gasteiger partial charge in [-0.15, -0.1) is 11.3 Å². The number of nitriles is 1. The van der Waals surface area contributed by atoms with Crippen molar-refractivity contribution in [3.05, 3.63) is 45.3 Å². The molecule has 1 heterocycles. The fourth-order valence-corrected chi connectivity index (χ4v) is 3.69. The Kier molecular flexibility index (Phi) is 3.29. The van der Waals surface area contributed by atoms with Crippen LogP contribution in [-0.2, 0) is 12.8 Å². The first-order chi connectivity index (χ1) is 9.70. The number of benzene rings is 1. The van der Waals surface area contributed by atoms with Gasteiger partial charge in [-0.1, -0.05) is 12.1 Å². The molecule has 2 aromatic rings. The van der Waals surface area contributed by atoms with Crippen LogP contribution in [0.1, 0.15) is 33.6 Å². The van der Waals surface area contributed by atoms with Crippen molar-refractivity contribution in [2.24, 2.45) is 4.99 Å². The number of phenols is 1. The van der Waals surface area contributed by atoms with Gasteiger partial charge in [0.1, 0.15) is 16.8 Å².